The van der Waals surface area contributed by atoms with Gasteiger partial charge in [0.15, 0.2) is 5.58 Å². The fourth-order valence-electron chi connectivity index (χ4n) is 3.34. The summed E-state index contributed by atoms with van der Waals surface area (Å²) in [6.45, 7) is 10.4. The van der Waals surface area contributed by atoms with Gasteiger partial charge in [-0.2, -0.15) is 0 Å². The van der Waals surface area contributed by atoms with Gasteiger partial charge < -0.3 is 13.9 Å². The summed E-state index contributed by atoms with van der Waals surface area (Å²) in [6.07, 6.45) is 3.99. The molecule has 0 saturated heterocycles. The number of ether oxygens (including phenoxy) is 2. The molecule has 0 amide bonds. The van der Waals surface area contributed by atoms with E-state index in [0.29, 0.717) is 5.58 Å². The minimum Gasteiger partial charge on any atom is -0.489 e. The summed E-state index contributed by atoms with van der Waals surface area (Å²) in [6, 6.07) is 3.22. The quantitative estimate of drug-likeness (QED) is 0.689. The highest BCUT2D eigenvalue weighted by molar-refractivity contribution is 5.96. The smallest absolute Gasteiger partial charge is 0.336 e. The first kappa shape index (κ1) is 14.4. The Hall–Kier alpha value is -2.23. The number of rotatable bonds is 0. The van der Waals surface area contributed by atoms with Gasteiger partial charge in [0.05, 0.1) is 10.9 Å². The van der Waals surface area contributed by atoms with Gasteiger partial charge >= 0.3 is 5.63 Å². The highest BCUT2D eigenvalue weighted by Crippen LogP contribution is 2.54. The second-order valence-electron chi connectivity index (χ2n) is 7.46. The molecule has 0 radical (unpaired) electrons. The van der Waals surface area contributed by atoms with E-state index < -0.39 is 5.60 Å². The summed E-state index contributed by atoms with van der Waals surface area (Å²) < 4.78 is 17.9. The van der Waals surface area contributed by atoms with Crippen molar-refractivity contribution in [1.82, 2.24) is 0 Å². The maximum atomic E-state index is 11.7. The van der Waals surface area contributed by atoms with Crippen molar-refractivity contribution in [1.29, 1.82) is 0 Å². The summed E-state index contributed by atoms with van der Waals surface area (Å²) in [5, 5.41) is 0.823. The van der Waals surface area contributed by atoms with Gasteiger partial charge in [0.25, 0.3) is 0 Å². The fourth-order valence-corrected chi connectivity index (χ4v) is 3.34. The molecule has 0 bridgehead atoms. The average Bonchev–Trinajstić information content (AvgIpc) is 2.68. The first-order chi connectivity index (χ1) is 10.7. The largest absolute Gasteiger partial charge is 0.489 e. The van der Waals surface area contributed by atoms with Crippen molar-refractivity contribution in [2.75, 3.05) is 0 Å². The maximum absolute atomic E-state index is 11.7. The van der Waals surface area contributed by atoms with Crippen LogP contribution < -0.4 is 15.1 Å². The molecule has 0 saturated carbocycles. The molecule has 2 aliphatic rings. The third-order valence-corrected chi connectivity index (χ3v) is 4.99. The van der Waals surface area contributed by atoms with E-state index in [-0.39, 0.29) is 17.1 Å². The van der Waals surface area contributed by atoms with Crippen LogP contribution in [0.5, 0.6) is 11.5 Å². The number of hydrogen-bond acceptors (Lipinski definition) is 4. The van der Waals surface area contributed by atoms with E-state index in [0.717, 1.165) is 28.0 Å². The van der Waals surface area contributed by atoms with Crippen LogP contribution in [0, 0.1) is 0 Å². The van der Waals surface area contributed by atoms with E-state index in [4.69, 9.17) is 13.9 Å². The van der Waals surface area contributed by atoms with Crippen LogP contribution in [0.4, 0.5) is 0 Å². The molecule has 2 aromatic rings. The lowest BCUT2D eigenvalue weighted by Crippen LogP contribution is -2.32. The van der Waals surface area contributed by atoms with Crippen LogP contribution in [0.3, 0.4) is 0 Å². The van der Waals surface area contributed by atoms with E-state index in [1.54, 1.807) is 6.07 Å². The van der Waals surface area contributed by atoms with Gasteiger partial charge in [0.1, 0.15) is 23.2 Å². The molecule has 120 valence electrons. The highest BCUT2D eigenvalue weighted by atomic mass is 16.5. The van der Waals surface area contributed by atoms with Crippen molar-refractivity contribution < 1.29 is 13.9 Å². The van der Waals surface area contributed by atoms with Crippen LogP contribution in [-0.4, -0.2) is 11.7 Å². The van der Waals surface area contributed by atoms with Crippen LogP contribution in [0.25, 0.3) is 17.0 Å². The Kier molecular flexibility index (Phi) is 2.62. The van der Waals surface area contributed by atoms with Crippen molar-refractivity contribution in [2.45, 2.75) is 51.7 Å². The van der Waals surface area contributed by atoms with E-state index in [2.05, 4.69) is 20.8 Å². The summed E-state index contributed by atoms with van der Waals surface area (Å²) in [5.74, 6) is 1.54. The lowest BCUT2D eigenvalue weighted by Gasteiger charge is -2.32. The highest BCUT2D eigenvalue weighted by Gasteiger charge is 2.45. The Labute approximate surface area is 134 Å². The van der Waals surface area contributed by atoms with E-state index in [9.17, 15) is 4.79 Å². The Morgan fingerprint density at radius 3 is 2.57 bits per heavy atom. The molecule has 1 atom stereocenters. The maximum Gasteiger partial charge on any atom is 0.336 e. The molecule has 3 heterocycles. The molecule has 2 aliphatic heterocycles. The summed E-state index contributed by atoms with van der Waals surface area (Å²) in [4.78, 5) is 11.7. The zero-order valence-corrected chi connectivity index (χ0v) is 14.0. The molecule has 0 spiro atoms. The molecule has 0 fully saturated rings. The number of benzene rings is 1. The summed E-state index contributed by atoms with van der Waals surface area (Å²) in [7, 11) is 0. The van der Waals surface area contributed by atoms with Gasteiger partial charge in [-0.15, -0.1) is 0 Å². The van der Waals surface area contributed by atoms with Crippen LogP contribution in [0.2, 0.25) is 0 Å². The Morgan fingerprint density at radius 2 is 1.83 bits per heavy atom. The molecule has 0 aliphatic carbocycles. The number of fused-ring (bicyclic) bond motifs is 6. The molecule has 0 unspecified atom stereocenters. The molecule has 0 N–H and O–H groups in total. The predicted octanol–water partition coefficient (Wildman–Crippen LogP) is 4.04. The van der Waals surface area contributed by atoms with E-state index >= 15 is 0 Å². The molecular formula is C19H20O4. The zero-order valence-electron chi connectivity index (χ0n) is 14.0. The Balaban J connectivity index is 2.18. The van der Waals surface area contributed by atoms with Crippen molar-refractivity contribution in [3.8, 4) is 11.5 Å². The lowest BCUT2D eigenvalue weighted by molar-refractivity contribution is 0.152. The van der Waals surface area contributed by atoms with Crippen LogP contribution in [0.1, 0.15) is 45.7 Å². The fraction of sp³-hybridized carbons (Fsp3) is 0.421. The first-order valence-electron chi connectivity index (χ1n) is 7.90. The lowest BCUT2D eigenvalue weighted by atomic mass is 9.79. The molecule has 4 heteroatoms. The summed E-state index contributed by atoms with van der Waals surface area (Å²) in [5.41, 5.74) is 1.43. The molecular weight excluding hydrogens is 292 g/mol. The Bertz CT molecular complexity index is 915. The minimum absolute atomic E-state index is 0.0109. The third kappa shape index (κ3) is 1.87. The third-order valence-electron chi connectivity index (χ3n) is 4.99. The van der Waals surface area contributed by atoms with Crippen molar-refractivity contribution in [3.63, 3.8) is 0 Å². The summed E-state index contributed by atoms with van der Waals surface area (Å²) >= 11 is 0. The van der Waals surface area contributed by atoms with Gasteiger partial charge in [-0.3, -0.25) is 0 Å². The molecule has 1 aromatic heterocycles. The monoisotopic (exact) mass is 312 g/mol. The average molecular weight is 312 g/mol. The molecule has 4 nitrogen and oxygen atoms in total. The van der Waals surface area contributed by atoms with Crippen molar-refractivity contribution in [2.24, 2.45) is 0 Å². The van der Waals surface area contributed by atoms with Gasteiger partial charge in [-0.25, -0.2) is 4.79 Å². The van der Waals surface area contributed by atoms with Gasteiger partial charge in [0.2, 0.25) is 0 Å². The van der Waals surface area contributed by atoms with Gasteiger partial charge in [-0.1, -0.05) is 13.8 Å². The minimum atomic E-state index is -0.411. The molecule has 4 rings (SSSR count). The van der Waals surface area contributed by atoms with Gasteiger partial charge in [0, 0.05) is 17.0 Å². The van der Waals surface area contributed by atoms with Crippen molar-refractivity contribution >= 4 is 17.0 Å². The second kappa shape index (κ2) is 4.19. The van der Waals surface area contributed by atoms with Crippen LogP contribution in [0.15, 0.2) is 27.4 Å². The Morgan fingerprint density at radius 1 is 1.09 bits per heavy atom. The number of hydrogen-bond donors (Lipinski definition) is 0. The predicted molar refractivity (Wildman–Crippen MR) is 89.3 cm³/mol. The van der Waals surface area contributed by atoms with Crippen LogP contribution in [-0.2, 0) is 5.41 Å². The van der Waals surface area contributed by atoms with E-state index in [1.165, 1.54) is 6.07 Å². The topological polar surface area (TPSA) is 48.7 Å². The normalized spacial score (nSPS) is 23.1. The molecule has 1 aromatic carbocycles. The van der Waals surface area contributed by atoms with E-state index in [1.807, 2.05) is 26.0 Å². The standard InChI is InChI=1S/C19H20O4/c1-10-19(4,5)14-16(21-10)11-6-7-13(20)22-15(11)12-8-9-18(2,3)23-17(12)14/h6-10H,1-5H3/t10-/m1/s1. The van der Waals surface area contributed by atoms with Crippen LogP contribution >= 0.6 is 0 Å². The SMILES string of the molecule is C[C@H]1Oc2c(c3c(c4oc(=O)ccc24)C=CC(C)(C)O3)C1(C)C. The first-order valence-corrected chi connectivity index (χ1v) is 7.90. The zero-order chi connectivity index (χ0) is 16.6. The van der Waals surface area contributed by atoms with Gasteiger partial charge in [-0.05, 0) is 39.0 Å². The molecule has 23 heavy (non-hydrogen) atoms. The second-order valence-corrected chi connectivity index (χ2v) is 7.46. The van der Waals surface area contributed by atoms with Crippen molar-refractivity contribution in [3.05, 3.63) is 39.8 Å².